The Bertz CT molecular complexity index is 641. The predicted octanol–water partition coefficient (Wildman–Crippen LogP) is 1.39. The van der Waals surface area contributed by atoms with Gasteiger partial charge >= 0.3 is 11.9 Å². The number of methoxy groups -OCH3 is 1. The molecule has 124 valence electrons. The van der Waals surface area contributed by atoms with Gasteiger partial charge in [0.2, 0.25) is 0 Å². The molecule has 7 nitrogen and oxygen atoms in total. The van der Waals surface area contributed by atoms with E-state index in [0.717, 1.165) is 10.5 Å². The summed E-state index contributed by atoms with van der Waals surface area (Å²) in [5, 5.41) is 18.5. The zero-order valence-corrected chi connectivity index (χ0v) is 13.0. The molecule has 0 saturated carbocycles. The third kappa shape index (κ3) is 3.44. The zero-order chi connectivity index (χ0) is 17.1. The first-order chi connectivity index (χ1) is 10.8. The average molecular weight is 321 g/mol. The van der Waals surface area contributed by atoms with E-state index in [9.17, 15) is 19.5 Å². The van der Waals surface area contributed by atoms with E-state index in [2.05, 4.69) is 0 Å². The molecule has 1 aromatic carbocycles. The molecule has 0 aromatic heterocycles. The Hall–Kier alpha value is -2.57. The molecule has 1 fully saturated rings. The second-order valence-corrected chi connectivity index (χ2v) is 5.61. The molecular weight excluding hydrogens is 302 g/mol. The number of aryl methyl sites for hydroxylation is 1. The predicted molar refractivity (Wildman–Crippen MR) is 80.6 cm³/mol. The summed E-state index contributed by atoms with van der Waals surface area (Å²) in [7, 11) is 1.48. The van der Waals surface area contributed by atoms with Crippen molar-refractivity contribution in [3.8, 4) is 5.75 Å². The smallest absolute Gasteiger partial charge is 0.326 e. The standard InChI is InChI=1S/C16H19NO6/c1-9-3-4-10(7-13(9)23-2)14(18)17-8-11(15(19)20)5-6-12(17)16(21)22/h3-4,7,11-12H,5-6,8H2,1-2H3,(H,19,20)(H,21,22). The summed E-state index contributed by atoms with van der Waals surface area (Å²) in [5.41, 5.74) is 1.13. The van der Waals surface area contributed by atoms with Crippen LogP contribution < -0.4 is 4.74 Å². The highest BCUT2D eigenvalue weighted by Crippen LogP contribution is 2.26. The van der Waals surface area contributed by atoms with Crippen molar-refractivity contribution in [3.63, 3.8) is 0 Å². The van der Waals surface area contributed by atoms with Gasteiger partial charge in [0, 0.05) is 12.1 Å². The summed E-state index contributed by atoms with van der Waals surface area (Å²) >= 11 is 0. The Kier molecular flexibility index (Phi) is 4.88. The summed E-state index contributed by atoms with van der Waals surface area (Å²) in [6.07, 6.45) is 0.369. The van der Waals surface area contributed by atoms with Gasteiger partial charge in [0.1, 0.15) is 11.8 Å². The average Bonchev–Trinajstić information content (AvgIpc) is 2.53. The summed E-state index contributed by atoms with van der Waals surface area (Å²) in [5.74, 6) is -2.87. The quantitative estimate of drug-likeness (QED) is 0.868. The van der Waals surface area contributed by atoms with Crippen molar-refractivity contribution in [2.45, 2.75) is 25.8 Å². The van der Waals surface area contributed by atoms with Crippen molar-refractivity contribution in [1.29, 1.82) is 0 Å². The van der Waals surface area contributed by atoms with Crippen molar-refractivity contribution in [3.05, 3.63) is 29.3 Å². The lowest BCUT2D eigenvalue weighted by molar-refractivity contribution is -0.150. The van der Waals surface area contributed by atoms with Crippen LogP contribution in [0.4, 0.5) is 0 Å². The van der Waals surface area contributed by atoms with E-state index in [1.54, 1.807) is 18.2 Å². The number of carbonyl (C=O) groups excluding carboxylic acids is 1. The maximum atomic E-state index is 12.7. The second kappa shape index (κ2) is 6.68. The summed E-state index contributed by atoms with van der Waals surface area (Å²) in [6.45, 7) is 1.72. The van der Waals surface area contributed by atoms with Crippen molar-refractivity contribution < 1.29 is 29.3 Å². The van der Waals surface area contributed by atoms with Crippen molar-refractivity contribution in [2.75, 3.05) is 13.7 Å². The van der Waals surface area contributed by atoms with Gasteiger partial charge < -0.3 is 19.8 Å². The number of likely N-dealkylation sites (tertiary alicyclic amines) is 1. The third-order valence-corrected chi connectivity index (χ3v) is 4.13. The van der Waals surface area contributed by atoms with E-state index in [1.807, 2.05) is 6.92 Å². The third-order valence-electron chi connectivity index (χ3n) is 4.13. The van der Waals surface area contributed by atoms with Gasteiger partial charge in [0.15, 0.2) is 0 Å². The Balaban J connectivity index is 2.32. The van der Waals surface area contributed by atoms with Gasteiger partial charge in [-0.2, -0.15) is 0 Å². The molecule has 2 unspecified atom stereocenters. The van der Waals surface area contributed by atoms with Crippen LogP contribution in [0.3, 0.4) is 0 Å². The monoisotopic (exact) mass is 321 g/mol. The van der Waals surface area contributed by atoms with Gasteiger partial charge in [-0.3, -0.25) is 9.59 Å². The Morgan fingerprint density at radius 1 is 1.17 bits per heavy atom. The molecule has 1 heterocycles. The number of carboxylic acids is 2. The summed E-state index contributed by atoms with van der Waals surface area (Å²) in [6, 6.07) is 3.83. The molecule has 2 rings (SSSR count). The minimum atomic E-state index is -1.12. The molecule has 1 aliphatic heterocycles. The van der Waals surface area contributed by atoms with Crippen molar-refractivity contribution in [2.24, 2.45) is 5.92 Å². The summed E-state index contributed by atoms with van der Waals surface area (Å²) < 4.78 is 5.18. The van der Waals surface area contributed by atoms with Crippen molar-refractivity contribution >= 4 is 17.8 Å². The van der Waals surface area contributed by atoms with Gasteiger partial charge in [0.25, 0.3) is 5.91 Å². The fourth-order valence-electron chi connectivity index (χ4n) is 2.77. The fraction of sp³-hybridized carbons (Fsp3) is 0.438. The molecule has 2 atom stereocenters. The number of carbonyl (C=O) groups is 3. The number of benzene rings is 1. The molecule has 1 saturated heterocycles. The van der Waals surface area contributed by atoms with E-state index in [-0.39, 0.29) is 24.9 Å². The lowest BCUT2D eigenvalue weighted by Gasteiger charge is -2.36. The normalized spacial score (nSPS) is 20.9. The number of amides is 1. The second-order valence-electron chi connectivity index (χ2n) is 5.61. The molecule has 2 N–H and O–H groups in total. The Morgan fingerprint density at radius 2 is 1.87 bits per heavy atom. The molecule has 1 aromatic rings. The highest BCUT2D eigenvalue weighted by molar-refractivity contribution is 5.97. The molecule has 0 radical (unpaired) electrons. The highest BCUT2D eigenvalue weighted by Gasteiger charge is 2.38. The highest BCUT2D eigenvalue weighted by atomic mass is 16.5. The van der Waals surface area contributed by atoms with Crippen LogP contribution in [0, 0.1) is 12.8 Å². The molecule has 0 bridgehead atoms. The molecule has 23 heavy (non-hydrogen) atoms. The Morgan fingerprint density at radius 3 is 2.43 bits per heavy atom. The summed E-state index contributed by atoms with van der Waals surface area (Å²) in [4.78, 5) is 36.4. The molecule has 0 spiro atoms. The molecule has 7 heteroatoms. The zero-order valence-electron chi connectivity index (χ0n) is 13.0. The molecule has 1 aliphatic rings. The number of piperidine rings is 1. The minimum absolute atomic E-state index is 0.110. The van der Waals surface area contributed by atoms with E-state index in [4.69, 9.17) is 9.84 Å². The van der Waals surface area contributed by atoms with Crippen LogP contribution >= 0.6 is 0 Å². The first kappa shape index (κ1) is 16.8. The maximum absolute atomic E-state index is 12.7. The van der Waals surface area contributed by atoms with E-state index >= 15 is 0 Å². The van der Waals surface area contributed by atoms with Crippen molar-refractivity contribution in [1.82, 2.24) is 4.90 Å². The van der Waals surface area contributed by atoms with Crippen LogP contribution in [0.2, 0.25) is 0 Å². The van der Waals surface area contributed by atoms with E-state index in [1.165, 1.54) is 7.11 Å². The largest absolute Gasteiger partial charge is 0.496 e. The topological polar surface area (TPSA) is 104 Å². The number of ether oxygens (including phenoxy) is 1. The van der Waals surface area contributed by atoms with Gasteiger partial charge in [0.05, 0.1) is 13.0 Å². The molecule has 1 amide bonds. The first-order valence-electron chi connectivity index (χ1n) is 7.26. The van der Waals surface area contributed by atoms with E-state index in [0.29, 0.717) is 5.75 Å². The van der Waals surface area contributed by atoms with Gasteiger partial charge in [-0.15, -0.1) is 0 Å². The van der Waals surface area contributed by atoms with Crippen LogP contribution in [0.1, 0.15) is 28.8 Å². The number of hydrogen-bond acceptors (Lipinski definition) is 4. The number of nitrogens with zero attached hydrogens (tertiary/aromatic N) is 1. The molecule has 0 aliphatic carbocycles. The lowest BCUT2D eigenvalue weighted by atomic mass is 9.92. The van der Waals surface area contributed by atoms with Gasteiger partial charge in [-0.1, -0.05) is 6.07 Å². The van der Waals surface area contributed by atoms with Crippen LogP contribution in [-0.4, -0.2) is 52.7 Å². The SMILES string of the molecule is COc1cc(C(=O)N2CC(C(=O)O)CCC2C(=O)O)ccc1C. The Labute approximate surface area is 133 Å². The van der Waals surface area contributed by atoms with Gasteiger partial charge in [-0.25, -0.2) is 4.79 Å². The van der Waals surface area contributed by atoms with E-state index < -0.39 is 29.8 Å². The number of rotatable bonds is 4. The van der Waals surface area contributed by atoms with Gasteiger partial charge in [-0.05, 0) is 37.5 Å². The number of aliphatic carboxylic acids is 2. The number of carboxylic acid groups (broad SMARTS) is 2. The van der Waals surface area contributed by atoms with Crippen LogP contribution in [0.15, 0.2) is 18.2 Å². The van der Waals surface area contributed by atoms with Crippen LogP contribution in [0.25, 0.3) is 0 Å². The molecular formula is C16H19NO6. The van der Waals surface area contributed by atoms with Crippen LogP contribution in [0.5, 0.6) is 5.75 Å². The first-order valence-corrected chi connectivity index (χ1v) is 7.26. The minimum Gasteiger partial charge on any atom is -0.496 e. The van der Waals surface area contributed by atoms with Crippen LogP contribution in [-0.2, 0) is 9.59 Å². The fourth-order valence-corrected chi connectivity index (χ4v) is 2.77. The maximum Gasteiger partial charge on any atom is 0.326 e. The lowest BCUT2D eigenvalue weighted by Crippen LogP contribution is -2.52. The number of hydrogen-bond donors (Lipinski definition) is 2.